The van der Waals surface area contributed by atoms with Gasteiger partial charge in [-0.2, -0.15) is 0 Å². The molecule has 0 unspecified atom stereocenters. The van der Waals surface area contributed by atoms with Crippen LogP contribution >= 0.6 is 11.3 Å². The predicted molar refractivity (Wildman–Crippen MR) is 54.8 cm³/mol. The highest BCUT2D eigenvalue weighted by Crippen LogP contribution is 2.23. The molecule has 0 aliphatic rings. The van der Waals surface area contributed by atoms with Gasteiger partial charge in [-0.05, 0) is 13.0 Å². The molecule has 74 valence electrons. The highest BCUT2D eigenvalue weighted by atomic mass is 32.1. The summed E-state index contributed by atoms with van der Waals surface area (Å²) in [4.78, 5) is 4.34. The van der Waals surface area contributed by atoms with Crippen LogP contribution < -0.4 is 5.73 Å². The first-order chi connectivity index (χ1) is 6.15. The van der Waals surface area contributed by atoms with E-state index in [1.54, 1.807) is 11.3 Å². The average Bonchev–Trinajstić information content (AvgIpc) is 2.52. The van der Waals surface area contributed by atoms with Crippen LogP contribution in [0.3, 0.4) is 0 Å². The Morgan fingerprint density at radius 1 is 1.62 bits per heavy atom. The minimum Gasteiger partial charge on any atom is -0.387 e. The predicted octanol–water partition coefficient (Wildman–Crippen LogP) is 1.65. The zero-order chi connectivity index (χ0) is 9.84. The van der Waals surface area contributed by atoms with Crippen LogP contribution in [0.2, 0.25) is 0 Å². The van der Waals surface area contributed by atoms with E-state index >= 15 is 0 Å². The van der Waals surface area contributed by atoms with Gasteiger partial charge in [0, 0.05) is 11.3 Å². The zero-order valence-electron chi connectivity index (χ0n) is 8.03. The van der Waals surface area contributed by atoms with Crippen LogP contribution in [0, 0.1) is 0 Å². The number of aromatic nitrogens is 1. The number of aliphatic hydroxyl groups excluding tert-OH is 1. The normalized spacial score (nSPS) is 13.6. The summed E-state index contributed by atoms with van der Waals surface area (Å²) in [5, 5.41) is 12.6. The molecule has 1 aromatic rings. The van der Waals surface area contributed by atoms with Crippen molar-refractivity contribution in [3.63, 3.8) is 0 Å². The lowest BCUT2D eigenvalue weighted by atomic mass is 10.2. The largest absolute Gasteiger partial charge is 0.387 e. The second kappa shape index (κ2) is 4.69. The number of hydrogen-bond donors (Lipinski definition) is 2. The van der Waals surface area contributed by atoms with Gasteiger partial charge in [0.15, 0.2) is 0 Å². The van der Waals surface area contributed by atoms with E-state index in [1.165, 1.54) is 0 Å². The van der Waals surface area contributed by atoms with Gasteiger partial charge in [-0.1, -0.05) is 13.8 Å². The van der Waals surface area contributed by atoms with Crippen LogP contribution in [0.25, 0.3) is 0 Å². The van der Waals surface area contributed by atoms with E-state index in [1.807, 2.05) is 5.38 Å². The molecule has 0 aliphatic carbocycles. The quantitative estimate of drug-likeness (QED) is 0.777. The molecule has 0 aliphatic heterocycles. The number of aliphatic hydroxyl groups is 1. The summed E-state index contributed by atoms with van der Waals surface area (Å²) >= 11 is 1.60. The molecular formula is C9H16N2OS. The van der Waals surface area contributed by atoms with Crippen LogP contribution in [0.1, 0.15) is 43.0 Å². The molecule has 1 rings (SSSR count). The van der Waals surface area contributed by atoms with Gasteiger partial charge in [0.05, 0.1) is 16.8 Å². The van der Waals surface area contributed by atoms with Crippen molar-refractivity contribution in [3.8, 4) is 0 Å². The Bertz CT molecular complexity index is 260. The lowest BCUT2D eigenvalue weighted by Gasteiger charge is -2.04. The molecule has 0 bridgehead atoms. The van der Waals surface area contributed by atoms with Gasteiger partial charge >= 0.3 is 0 Å². The van der Waals surface area contributed by atoms with Gasteiger partial charge in [0.25, 0.3) is 0 Å². The highest BCUT2D eigenvalue weighted by molar-refractivity contribution is 7.09. The van der Waals surface area contributed by atoms with Crippen molar-refractivity contribution in [2.75, 3.05) is 6.54 Å². The molecule has 0 saturated heterocycles. The first-order valence-electron chi connectivity index (χ1n) is 4.48. The second-order valence-corrected chi connectivity index (χ2v) is 4.25. The third kappa shape index (κ3) is 2.76. The van der Waals surface area contributed by atoms with Gasteiger partial charge in [0.2, 0.25) is 0 Å². The molecule has 3 nitrogen and oxygen atoms in total. The number of nitrogens with zero attached hydrogens (tertiary/aromatic N) is 1. The van der Waals surface area contributed by atoms with E-state index in [9.17, 15) is 5.11 Å². The van der Waals surface area contributed by atoms with Crippen molar-refractivity contribution in [1.82, 2.24) is 4.98 Å². The third-order valence-electron chi connectivity index (χ3n) is 1.82. The van der Waals surface area contributed by atoms with E-state index in [0.29, 0.717) is 18.9 Å². The van der Waals surface area contributed by atoms with E-state index in [4.69, 9.17) is 5.73 Å². The fourth-order valence-electron chi connectivity index (χ4n) is 1.02. The highest BCUT2D eigenvalue weighted by Gasteiger charge is 2.12. The molecule has 0 amide bonds. The number of thiazole rings is 1. The van der Waals surface area contributed by atoms with E-state index < -0.39 is 6.10 Å². The summed E-state index contributed by atoms with van der Waals surface area (Å²) in [6.45, 7) is 4.69. The van der Waals surface area contributed by atoms with Crippen molar-refractivity contribution < 1.29 is 5.11 Å². The summed E-state index contributed by atoms with van der Waals surface area (Å²) in [5.74, 6) is 0.434. The summed E-state index contributed by atoms with van der Waals surface area (Å²) in [7, 11) is 0. The van der Waals surface area contributed by atoms with Gasteiger partial charge in [0.1, 0.15) is 0 Å². The maximum atomic E-state index is 9.58. The lowest BCUT2D eigenvalue weighted by molar-refractivity contribution is 0.166. The molecule has 0 radical (unpaired) electrons. The van der Waals surface area contributed by atoms with Crippen LogP contribution in [0.5, 0.6) is 0 Å². The maximum Gasteiger partial charge on any atom is 0.0980 e. The Morgan fingerprint density at radius 2 is 2.31 bits per heavy atom. The molecule has 3 N–H and O–H groups in total. The Labute approximate surface area is 82.6 Å². The van der Waals surface area contributed by atoms with Crippen molar-refractivity contribution >= 4 is 11.3 Å². The van der Waals surface area contributed by atoms with Crippen LogP contribution in [-0.2, 0) is 0 Å². The fraction of sp³-hybridized carbons (Fsp3) is 0.667. The summed E-state index contributed by atoms with van der Waals surface area (Å²) in [6.07, 6.45) is 0.0927. The van der Waals surface area contributed by atoms with Crippen LogP contribution in [0.4, 0.5) is 0 Å². The Morgan fingerprint density at radius 3 is 2.77 bits per heavy atom. The van der Waals surface area contributed by atoms with Gasteiger partial charge in [-0.15, -0.1) is 11.3 Å². The molecule has 1 atom stereocenters. The van der Waals surface area contributed by atoms with E-state index in [2.05, 4.69) is 18.8 Å². The smallest absolute Gasteiger partial charge is 0.0980 e. The summed E-state index contributed by atoms with van der Waals surface area (Å²) in [6, 6.07) is 0. The molecule has 13 heavy (non-hydrogen) atoms. The third-order valence-corrected chi connectivity index (χ3v) is 2.98. The average molecular weight is 200 g/mol. The first-order valence-corrected chi connectivity index (χ1v) is 5.36. The van der Waals surface area contributed by atoms with Gasteiger partial charge in [-0.25, -0.2) is 4.98 Å². The van der Waals surface area contributed by atoms with Gasteiger partial charge in [-0.3, -0.25) is 0 Å². The van der Waals surface area contributed by atoms with Crippen molar-refractivity contribution in [2.45, 2.75) is 32.3 Å². The number of hydrogen-bond acceptors (Lipinski definition) is 4. The molecule has 0 saturated carbocycles. The fourth-order valence-corrected chi connectivity index (χ4v) is 1.91. The molecule has 4 heteroatoms. The van der Waals surface area contributed by atoms with Crippen molar-refractivity contribution in [1.29, 1.82) is 0 Å². The maximum absolute atomic E-state index is 9.58. The van der Waals surface area contributed by atoms with E-state index in [-0.39, 0.29) is 0 Å². The molecule has 0 aromatic carbocycles. The Balaban J connectivity index is 2.67. The van der Waals surface area contributed by atoms with Crippen molar-refractivity contribution in [3.05, 3.63) is 16.1 Å². The monoisotopic (exact) mass is 200 g/mol. The topological polar surface area (TPSA) is 59.1 Å². The Hall–Kier alpha value is -0.450. The Kier molecular flexibility index (Phi) is 3.84. The first kappa shape index (κ1) is 10.6. The number of rotatable bonds is 4. The summed E-state index contributed by atoms with van der Waals surface area (Å²) < 4.78 is 0. The zero-order valence-corrected chi connectivity index (χ0v) is 8.84. The number of nitrogens with two attached hydrogens (primary N) is 1. The van der Waals surface area contributed by atoms with Crippen LogP contribution in [0.15, 0.2) is 5.38 Å². The van der Waals surface area contributed by atoms with Crippen LogP contribution in [-0.4, -0.2) is 16.6 Å². The standard InChI is InChI=1S/C9H16N2OS/c1-6(2)9-11-7(5-13-9)8(12)3-4-10/h5-6,8,12H,3-4,10H2,1-2H3/t8-/m0/s1. The molecule has 1 aromatic heterocycles. The molecule has 0 fully saturated rings. The van der Waals surface area contributed by atoms with Gasteiger partial charge < -0.3 is 10.8 Å². The van der Waals surface area contributed by atoms with E-state index in [0.717, 1.165) is 10.7 Å². The summed E-state index contributed by atoms with van der Waals surface area (Å²) in [5.41, 5.74) is 6.11. The molecule has 1 heterocycles. The lowest BCUT2D eigenvalue weighted by Crippen LogP contribution is -2.07. The minimum absolute atomic E-state index is 0.434. The minimum atomic E-state index is -0.492. The van der Waals surface area contributed by atoms with Crippen molar-refractivity contribution in [2.24, 2.45) is 5.73 Å². The second-order valence-electron chi connectivity index (χ2n) is 3.36. The molecular weight excluding hydrogens is 184 g/mol. The molecule has 0 spiro atoms. The SMILES string of the molecule is CC(C)c1nc([C@@H](O)CCN)cs1.